The molecule has 1 heterocycles. The van der Waals surface area contributed by atoms with E-state index in [0.717, 1.165) is 4.88 Å². The van der Waals surface area contributed by atoms with Gasteiger partial charge in [0.25, 0.3) is 0 Å². The maximum absolute atomic E-state index is 9.91. The van der Waals surface area contributed by atoms with E-state index in [1.54, 1.807) is 18.4 Å². The van der Waals surface area contributed by atoms with Gasteiger partial charge in [-0.05, 0) is 13.0 Å². The van der Waals surface area contributed by atoms with E-state index in [1.165, 1.54) is 17.4 Å². The van der Waals surface area contributed by atoms with Crippen molar-refractivity contribution in [3.05, 3.63) is 21.9 Å². The van der Waals surface area contributed by atoms with E-state index in [1.807, 2.05) is 6.07 Å². The second-order valence-electron chi connectivity index (χ2n) is 2.25. The number of isocyanates is 1. The Bertz CT molecular complexity index is 357. The number of nitriles is 1. The van der Waals surface area contributed by atoms with Gasteiger partial charge in [-0.3, -0.25) is 0 Å². The van der Waals surface area contributed by atoms with Crippen LogP contribution in [-0.4, -0.2) is 6.08 Å². The molecule has 0 aromatic carbocycles. The van der Waals surface area contributed by atoms with Crippen LogP contribution < -0.4 is 0 Å². The minimum Gasteiger partial charge on any atom is -0.211 e. The summed E-state index contributed by atoms with van der Waals surface area (Å²) >= 11 is 1.43. The number of carbonyl (C=O) groups excluding carboxylic acids is 1. The minimum absolute atomic E-state index is 0.186. The van der Waals surface area contributed by atoms with Crippen molar-refractivity contribution in [1.82, 2.24) is 0 Å². The summed E-state index contributed by atoms with van der Waals surface area (Å²) in [5.74, 6) is 0. The van der Waals surface area contributed by atoms with Gasteiger partial charge in [-0.25, -0.2) is 4.79 Å². The Balaban J connectivity index is 2.90. The van der Waals surface area contributed by atoms with Gasteiger partial charge in [0.15, 0.2) is 0 Å². The molecule has 0 saturated heterocycles. The number of hydrogen-bond acceptors (Lipinski definition) is 4. The molecule has 1 aromatic heterocycles. The average molecular weight is 178 g/mol. The molecule has 3 nitrogen and oxygen atoms in total. The van der Waals surface area contributed by atoms with E-state index >= 15 is 0 Å². The van der Waals surface area contributed by atoms with Crippen LogP contribution in [0.4, 0.5) is 0 Å². The number of aliphatic imine (C=N–C) groups is 1. The summed E-state index contributed by atoms with van der Waals surface area (Å²) in [5.41, 5.74) is 0.614. The fourth-order valence-corrected chi connectivity index (χ4v) is 1.60. The van der Waals surface area contributed by atoms with E-state index in [9.17, 15) is 4.79 Å². The summed E-state index contributed by atoms with van der Waals surface area (Å²) in [4.78, 5) is 14.4. The average Bonchev–Trinajstić information content (AvgIpc) is 2.52. The van der Waals surface area contributed by atoms with Crippen molar-refractivity contribution in [3.8, 4) is 6.07 Å². The highest BCUT2D eigenvalue weighted by Crippen LogP contribution is 2.23. The third-order valence-corrected chi connectivity index (χ3v) is 2.51. The van der Waals surface area contributed by atoms with Crippen molar-refractivity contribution in [2.24, 2.45) is 4.99 Å². The van der Waals surface area contributed by atoms with Crippen LogP contribution >= 0.6 is 11.3 Å². The lowest BCUT2D eigenvalue weighted by Gasteiger charge is -1.96. The van der Waals surface area contributed by atoms with Crippen LogP contribution in [0.25, 0.3) is 0 Å². The Hall–Kier alpha value is -1.43. The third-order valence-electron chi connectivity index (χ3n) is 1.41. The second-order valence-corrected chi connectivity index (χ2v) is 3.19. The van der Waals surface area contributed by atoms with Gasteiger partial charge in [0.05, 0.1) is 11.6 Å². The Morgan fingerprint density at radius 2 is 2.50 bits per heavy atom. The van der Waals surface area contributed by atoms with Gasteiger partial charge in [0, 0.05) is 10.3 Å². The molecule has 0 bridgehead atoms. The first-order valence-corrected chi connectivity index (χ1v) is 4.21. The first-order valence-electron chi connectivity index (χ1n) is 3.33. The molecule has 0 N–H and O–H groups in total. The maximum Gasteiger partial charge on any atom is 0.235 e. The fourth-order valence-electron chi connectivity index (χ4n) is 0.773. The highest BCUT2D eigenvalue weighted by atomic mass is 32.1. The molecule has 4 heteroatoms. The molecule has 0 aliphatic heterocycles. The summed E-state index contributed by atoms with van der Waals surface area (Å²) in [6, 6.07) is 3.56. The normalized spacial score (nSPS) is 11.3. The highest BCUT2D eigenvalue weighted by Gasteiger charge is 2.05. The fraction of sp³-hybridized carbons (Fsp3) is 0.250. The monoisotopic (exact) mass is 178 g/mol. The summed E-state index contributed by atoms with van der Waals surface area (Å²) in [6.45, 7) is 1.79. The third kappa shape index (κ3) is 1.79. The van der Waals surface area contributed by atoms with Crippen LogP contribution in [0.5, 0.6) is 0 Å². The van der Waals surface area contributed by atoms with Crippen molar-refractivity contribution in [2.45, 2.75) is 13.0 Å². The second kappa shape index (κ2) is 3.82. The molecular weight excluding hydrogens is 172 g/mol. The van der Waals surface area contributed by atoms with Crippen LogP contribution in [-0.2, 0) is 4.79 Å². The van der Waals surface area contributed by atoms with Crippen LogP contribution in [0.15, 0.2) is 16.4 Å². The van der Waals surface area contributed by atoms with Gasteiger partial charge in [-0.2, -0.15) is 10.3 Å². The SMILES string of the molecule is CC(N=C=O)c1cc(C#N)cs1. The van der Waals surface area contributed by atoms with Crippen molar-refractivity contribution in [1.29, 1.82) is 5.26 Å². The molecule has 1 rings (SSSR count). The Kier molecular flexibility index (Phi) is 2.76. The molecule has 1 atom stereocenters. The van der Waals surface area contributed by atoms with Crippen LogP contribution in [0.2, 0.25) is 0 Å². The van der Waals surface area contributed by atoms with Gasteiger partial charge in [0.2, 0.25) is 6.08 Å². The van der Waals surface area contributed by atoms with Gasteiger partial charge >= 0.3 is 0 Å². The van der Waals surface area contributed by atoms with Gasteiger partial charge in [-0.15, -0.1) is 11.3 Å². The smallest absolute Gasteiger partial charge is 0.211 e. The molecule has 0 radical (unpaired) electrons. The summed E-state index contributed by atoms with van der Waals surface area (Å²) in [7, 11) is 0. The van der Waals surface area contributed by atoms with Gasteiger partial charge in [0.1, 0.15) is 6.07 Å². The van der Waals surface area contributed by atoms with E-state index < -0.39 is 0 Å². The molecule has 0 aliphatic carbocycles. The summed E-state index contributed by atoms with van der Waals surface area (Å²) in [5, 5.41) is 10.3. The Labute approximate surface area is 74.0 Å². The Morgan fingerprint density at radius 1 is 1.75 bits per heavy atom. The maximum atomic E-state index is 9.91. The molecular formula is C8H6N2OS. The molecule has 0 aliphatic rings. The molecule has 0 fully saturated rings. The molecule has 12 heavy (non-hydrogen) atoms. The molecule has 60 valence electrons. The standard InChI is InChI=1S/C8H6N2OS/c1-6(10-5-11)8-2-7(3-9)4-12-8/h2,4,6H,1H3. The lowest BCUT2D eigenvalue weighted by atomic mass is 10.2. The minimum atomic E-state index is -0.186. The number of thiophene rings is 1. The molecule has 1 unspecified atom stereocenters. The lowest BCUT2D eigenvalue weighted by Crippen LogP contribution is -1.82. The predicted molar refractivity (Wildman–Crippen MR) is 45.6 cm³/mol. The predicted octanol–water partition coefficient (Wildman–Crippen LogP) is 2.02. The first-order chi connectivity index (χ1) is 5.77. The molecule has 1 aromatic rings. The van der Waals surface area contributed by atoms with Gasteiger partial charge in [-0.1, -0.05) is 0 Å². The van der Waals surface area contributed by atoms with Crippen molar-refractivity contribution in [3.63, 3.8) is 0 Å². The number of rotatable bonds is 2. The molecule has 0 spiro atoms. The zero-order chi connectivity index (χ0) is 8.97. The lowest BCUT2D eigenvalue weighted by molar-refractivity contribution is 0.560. The zero-order valence-corrected chi connectivity index (χ0v) is 7.26. The van der Waals surface area contributed by atoms with Crippen LogP contribution in [0, 0.1) is 11.3 Å². The van der Waals surface area contributed by atoms with Crippen molar-refractivity contribution < 1.29 is 4.79 Å². The van der Waals surface area contributed by atoms with Crippen LogP contribution in [0.3, 0.4) is 0 Å². The van der Waals surface area contributed by atoms with E-state index in [4.69, 9.17) is 5.26 Å². The topological polar surface area (TPSA) is 53.2 Å². The molecule has 0 saturated carbocycles. The summed E-state index contributed by atoms with van der Waals surface area (Å²) in [6.07, 6.45) is 1.49. The summed E-state index contributed by atoms with van der Waals surface area (Å²) < 4.78 is 0. The Morgan fingerprint density at radius 3 is 3.00 bits per heavy atom. The van der Waals surface area contributed by atoms with Gasteiger partial charge < -0.3 is 0 Å². The van der Waals surface area contributed by atoms with E-state index in [-0.39, 0.29) is 6.04 Å². The largest absolute Gasteiger partial charge is 0.235 e. The van der Waals surface area contributed by atoms with Crippen molar-refractivity contribution in [2.75, 3.05) is 0 Å². The number of hydrogen-bond donors (Lipinski definition) is 0. The van der Waals surface area contributed by atoms with Crippen LogP contribution in [0.1, 0.15) is 23.4 Å². The van der Waals surface area contributed by atoms with E-state index in [0.29, 0.717) is 5.56 Å². The van der Waals surface area contributed by atoms with Crippen molar-refractivity contribution >= 4 is 17.4 Å². The first kappa shape index (κ1) is 8.66. The zero-order valence-electron chi connectivity index (χ0n) is 6.44. The molecule has 0 amide bonds. The quantitative estimate of drug-likeness (QED) is 0.513. The number of nitrogens with zero attached hydrogens (tertiary/aromatic N) is 2. The highest BCUT2D eigenvalue weighted by molar-refractivity contribution is 7.10. The van der Waals surface area contributed by atoms with E-state index in [2.05, 4.69) is 4.99 Å².